The average Bonchev–Trinajstić information content (AvgIpc) is 3.18. The van der Waals surface area contributed by atoms with E-state index in [1.165, 1.54) is 11.0 Å². The lowest BCUT2D eigenvalue weighted by atomic mass is 9.92. The maximum Gasteiger partial charge on any atom is 0.338 e. The molecule has 4 rings (SSSR count). The second kappa shape index (κ2) is 10.9. The van der Waals surface area contributed by atoms with E-state index in [0.29, 0.717) is 22.6 Å². The van der Waals surface area contributed by atoms with E-state index in [0.717, 1.165) is 11.1 Å². The van der Waals surface area contributed by atoms with E-state index in [-0.39, 0.29) is 29.4 Å². The Bertz CT molecular complexity index is 1440. The summed E-state index contributed by atoms with van der Waals surface area (Å²) in [5.74, 6) is -1.64. The molecule has 1 fully saturated rings. The number of hydrogen-bond donors (Lipinski definition) is 1. The van der Waals surface area contributed by atoms with Crippen LogP contribution in [-0.2, 0) is 14.3 Å². The molecule has 0 radical (unpaired) electrons. The lowest BCUT2D eigenvalue weighted by molar-refractivity contribution is -0.132. The van der Waals surface area contributed by atoms with Gasteiger partial charge in [0.1, 0.15) is 11.5 Å². The molecule has 0 aliphatic carbocycles. The zero-order valence-corrected chi connectivity index (χ0v) is 22.1. The molecule has 0 spiro atoms. The van der Waals surface area contributed by atoms with Gasteiger partial charge in [0.15, 0.2) is 0 Å². The Labute approximate surface area is 222 Å². The number of aliphatic hydroxyl groups excluding tert-OH is 1. The number of aliphatic hydroxyl groups is 1. The van der Waals surface area contributed by atoms with Crippen LogP contribution in [0.5, 0.6) is 5.75 Å². The number of methoxy groups -OCH3 is 1. The molecular weight excluding hydrogens is 482 g/mol. The van der Waals surface area contributed by atoms with Gasteiger partial charge in [-0.3, -0.25) is 14.5 Å². The van der Waals surface area contributed by atoms with Crippen molar-refractivity contribution in [1.29, 1.82) is 0 Å². The van der Waals surface area contributed by atoms with Gasteiger partial charge in [0, 0.05) is 11.3 Å². The first-order chi connectivity index (χ1) is 18.2. The molecule has 1 unspecified atom stereocenters. The predicted octanol–water partition coefficient (Wildman–Crippen LogP) is 5.93. The molecule has 1 saturated heterocycles. The van der Waals surface area contributed by atoms with Crippen LogP contribution in [0.25, 0.3) is 5.76 Å². The Morgan fingerprint density at radius 2 is 1.74 bits per heavy atom. The second-order valence-electron chi connectivity index (χ2n) is 9.47. The molecule has 7 heteroatoms. The van der Waals surface area contributed by atoms with Crippen molar-refractivity contribution in [1.82, 2.24) is 0 Å². The summed E-state index contributed by atoms with van der Waals surface area (Å²) in [6.07, 6.45) is 0. The Kier molecular flexibility index (Phi) is 7.67. The highest BCUT2D eigenvalue weighted by molar-refractivity contribution is 6.51. The van der Waals surface area contributed by atoms with Crippen LogP contribution in [0.3, 0.4) is 0 Å². The maximum atomic E-state index is 13.5. The van der Waals surface area contributed by atoms with Crippen molar-refractivity contribution < 1.29 is 29.0 Å². The van der Waals surface area contributed by atoms with Crippen LogP contribution in [0.4, 0.5) is 5.69 Å². The molecule has 1 aliphatic heterocycles. The largest absolute Gasteiger partial charge is 0.507 e. The number of amides is 1. The fraction of sp³-hybridized carbons (Fsp3) is 0.258. The number of ketones is 1. The summed E-state index contributed by atoms with van der Waals surface area (Å²) >= 11 is 0. The van der Waals surface area contributed by atoms with Crippen molar-refractivity contribution >= 4 is 29.1 Å². The molecule has 1 heterocycles. The van der Waals surface area contributed by atoms with Gasteiger partial charge in [-0.1, -0.05) is 49.7 Å². The summed E-state index contributed by atoms with van der Waals surface area (Å²) in [5.41, 5.74) is 3.43. The first-order valence-corrected chi connectivity index (χ1v) is 12.5. The molecule has 7 nitrogen and oxygen atoms in total. The Morgan fingerprint density at radius 1 is 1.00 bits per heavy atom. The van der Waals surface area contributed by atoms with Gasteiger partial charge >= 0.3 is 5.97 Å². The Hall–Kier alpha value is -4.39. The topological polar surface area (TPSA) is 93.1 Å². The van der Waals surface area contributed by atoms with Gasteiger partial charge in [0.2, 0.25) is 0 Å². The average molecular weight is 514 g/mol. The van der Waals surface area contributed by atoms with Crippen LogP contribution in [0, 0.1) is 6.92 Å². The third kappa shape index (κ3) is 4.92. The van der Waals surface area contributed by atoms with E-state index in [9.17, 15) is 19.5 Å². The fourth-order valence-corrected chi connectivity index (χ4v) is 4.74. The van der Waals surface area contributed by atoms with E-state index >= 15 is 0 Å². The zero-order valence-electron chi connectivity index (χ0n) is 22.1. The van der Waals surface area contributed by atoms with Crippen LogP contribution in [0.15, 0.2) is 72.3 Å². The summed E-state index contributed by atoms with van der Waals surface area (Å²) in [7, 11) is 1.58. The Balaban J connectivity index is 1.93. The van der Waals surface area contributed by atoms with E-state index in [4.69, 9.17) is 9.47 Å². The molecule has 38 heavy (non-hydrogen) atoms. The minimum atomic E-state index is -0.906. The molecule has 3 aromatic carbocycles. The molecule has 1 atom stereocenters. The van der Waals surface area contributed by atoms with Gasteiger partial charge in [0.25, 0.3) is 11.7 Å². The van der Waals surface area contributed by atoms with Gasteiger partial charge in [-0.25, -0.2) is 4.79 Å². The number of ether oxygens (including phenoxy) is 2. The van der Waals surface area contributed by atoms with Gasteiger partial charge < -0.3 is 14.6 Å². The summed E-state index contributed by atoms with van der Waals surface area (Å²) < 4.78 is 10.6. The van der Waals surface area contributed by atoms with Gasteiger partial charge in [-0.15, -0.1) is 0 Å². The highest BCUT2D eigenvalue weighted by Crippen LogP contribution is 2.43. The molecule has 1 aliphatic rings. The first kappa shape index (κ1) is 26.7. The van der Waals surface area contributed by atoms with Crippen molar-refractivity contribution in [3.63, 3.8) is 0 Å². The summed E-state index contributed by atoms with van der Waals surface area (Å²) in [6.45, 7) is 7.84. The predicted molar refractivity (Wildman–Crippen MR) is 145 cm³/mol. The van der Waals surface area contributed by atoms with E-state index in [1.54, 1.807) is 50.4 Å². The molecule has 0 saturated carbocycles. The fourth-order valence-electron chi connectivity index (χ4n) is 4.74. The van der Waals surface area contributed by atoms with Crippen LogP contribution in [0.1, 0.15) is 65.3 Å². The monoisotopic (exact) mass is 513 g/mol. The van der Waals surface area contributed by atoms with Crippen LogP contribution < -0.4 is 9.64 Å². The van der Waals surface area contributed by atoms with Crippen molar-refractivity contribution in [3.8, 4) is 5.75 Å². The normalized spacial score (nSPS) is 16.7. The van der Waals surface area contributed by atoms with E-state index in [1.807, 2.05) is 45.0 Å². The van der Waals surface area contributed by atoms with Crippen molar-refractivity contribution in [2.75, 3.05) is 18.6 Å². The zero-order chi connectivity index (χ0) is 27.6. The highest BCUT2D eigenvalue weighted by Gasteiger charge is 2.47. The lowest BCUT2D eigenvalue weighted by Crippen LogP contribution is -2.29. The summed E-state index contributed by atoms with van der Waals surface area (Å²) in [5, 5.41) is 11.5. The summed E-state index contributed by atoms with van der Waals surface area (Å²) in [4.78, 5) is 40.7. The van der Waals surface area contributed by atoms with E-state index in [2.05, 4.69) is 0 Å². The van der Waals surface area contributed by atoms with Gasteiger partial charge in [-0.2, -0.15) is 0 Å². The quantitative estimate of drug-likeness (QED) is 0.182. The molecular formula is C31H31NO6. The maximum absolute atomic E-state index is 13.5. The molecule has 196 valence electrons. The third-order valence-electron chi connectivity index (χ3n) is 6.56. The number of esters is 1. The van der Waals surface area contributed by atoms with Gasteiger partial charge in [-0.05, 0) is 67.3 Å². The minimum Gasteiger partial charge on any atom is -0.507 e. The number of nitrogens with zero attached hydrogens (tertiary/aromatic N) is 1. The molecule has 3 aromatic rings. The standard InChI is InChI=1S/C31H31NO6/c1-6-38-31(36)22-11-8-12-23(16-22)32-27(20-10-7-9-19(4)15-20)26(29(34)30(32)35)28(33)21-13-14-25(37-5)24(17-21)18(2)3/h7-18,27,33H,6H2,1-5H3/b28-26-. The number of hydrogen-bond acceptors (Lipinski definition) is 6. The number of carbonyl (C=O) groups excluding carboxylic acids is 3. The first-order valence-electron chi connectivity index (χ1n) is 12.5. The number of aryl methyl sites for hydroxylation is 1. The summed E-state index contributed by atoms with van der Waals surface area (Å²) in [6, 6.07) is 18.1. The van der Waals surface area contributed by atoms with Crippen LogP contribution >= 0.6 is 0 Å². The molecule has 1 amide bonds. The number of carbonyl (C=O) groups is 3. The molecule has 0 aromatic heterocycles. The third-order valence-corrected chi connectivity index (χ3v) is 6.56. The molecule has 1 N–H and O–H groups in total. The number of rotatable bonds is 7. The number of benzene rings is 3. The van der Waals surface area contributed by atoms with Crippen LogP contribution in [0.2, 0.25) is 0 Å². The van der Waals surface area contributed by atoms with Gasteiger partial charge in [0.05, 0.1) is 30.9 Å². The lowest BCUT2D eigenvalue weighted by Gasteiger charge is -2.26. The Morgan fingerprint density at radius 3 is 2.39 bits per heavy atom. The number of Topliss-reactive ketones (excluding diaryl/α,β-unsaturated/α-hetero) is 1. The molecule has 0 bridgehead atoms. The van der Waals surface area contributed by atoms with E-state index < -0.39 is 23.7 Å². The SMILES string of the molecule is CCOC(=O)c1cccc(N2C(=O)C(=O)/C(=C(\O)c3ccc(OC)c(C(C)C)c3)C2c2cccc(C)c2)c1. The van der Waals surface area contributed by atoms with Crippen LogP contribution in [-0.4, -0.2) is 36.5 Å². The smallest absolute Gasteiger partial charge is 0.338 e. The highest BCUT2D eigenvalue weighted by atomic mass is 16.5. The van der Waals surface area contributed by atoms with Crippen molar-refractivity contribution in [2.45, 2.75) is 39.7 Å². The second-order valence-corrected chi connectivity index (χ2v) is 9.47. The minimum absolute atomic E-state index is 0.0259. The van der Waals surface area contributed by atoms with Crippen molar-refractivity contribution in [2.24, 2.45) is 0 Å². The number of anilines is 1. The van der Waals surface area contributed by atoms with Crippen molar-refractivity contribution in [3.05, 3.63) is 100 Å².